The number of benzene rings is 1. The van der Waals surface area contributed by atoms with Gasteiger partial charge in [0.15, 0.2) is 0 Å². The number of halogens is 2. The maximum atomic E-state index is 11.2. The standard InChI is InChI=1S/C11H13BrClNO2/c1-6(2)14-10(11(15)16)8-5-7(12)3-4-9(8)13/h3-6,10,14H,1-2H3,(H,15,16). The van der Waals surface area contributed by atoms with Crippen LogP contribution in [0.5, 0.6) is 0 Å². The van der Waals surface area contributed by atoms with Crippen LogP contribution in [0.25, 0.3) is 0 Å². The lowest BCUT2D eigenvalue weighted by Gasteiger charge is -2.18. The molecule has 0 aromatic heterocycles. The zero-order chi connectivity index (χ0) is 12.3. The van der Waals surface area contributed by atoms with Gasteiger partial charge in [-0.2, -0.15) is 0 Å². The summed E-state index contributed by atoms with van der Waals surface area (Å²) in [5.41, 5.74) is 0.567. The quantitative estimate of drug-likeness (QED) is 0.898. The largest absolute Gasteiger partial charge is 0.480 e. The number of carboxylic acid groups (broad SMARTS) is 1. The third kappa shape index (κ3) is 3.47. The van der Waals surface area contributed by atoms with Gasteiger partial charge in [-0.1, -0.05) is 27.5 Å². The molecule has 0 bridgehead atoms. The summed E-state index contributed by atoms with van der Waals surface area (Å²) in [4.78, 5) is 11.2. The summed E-state index contributed by atoms with van der Waals surface area (Å²) in [6, 6.07) is 4.45. The summed E-state index contributed by atoms with van der Waals surface area (Å²) in [5, 5.41) is 12.6. The Hall–Kier alpha value is -0.580. The molecule has 2 N–H and O–H groups in total. The van der Waals surface area contributed by atoms with Gasteiger partial charge < -0.3 is 5.11 Å². The molecule has 88 valence electrons. The molecule has 0 spiro atoms. The van der Waals surface area contributed by atoms with Crippen LogP contribution >= 0.6 is 27.5 Å². The number of hydrogen-bond acceptors (Lipinski definition) is 2. The number of hydrogen-bond donors (Lipinski definition) is 2. The molecule has 3 nitrogen and oxygen atoms in total. The predicted octanol–water partition coefficient (Wildman–Crippen LogP) is 3.23. The average Bonchev–Trinajstić information content (AvgIpc) is 2.18. The molecule has 0 saturated carbocycles. The van der Waals surface area contributed by atoms with Gasteiger partial charge in [0.05, 0.1) is 0 Å². The molecule has 5 heteroatoms. The minimum Gasteiger partial charge on any atom is -0.480 e. The third-order valence-corrected chi connectivity index (χ3v) is 2.85. The molecule has 0 aliphatic rings. The van der Waals surface area contributed by atoms with Gasteiger partial charge in [-0.25, -0.2) is 0 Å². The molecule has 16 heavy (non-hydrogen) atoms. The van der Waals surface area contributed by atoms with Crippen LogP contribution < -0.4 is 5.32 Å². The molecular weight excluding hydrogens is 293 g/mol. The minimum absolute atomic E-state index is 0.0659. The van der Waals surface area contributed by atoms with E-state index in [2.05, 4.69) is 21.2 Å². The van der Waals surface area contributed by atoms with Crippen LogP contribution in [-0.2, 0) is 4.79 Å². The number of carbonyl (C=O) groups is 1. The Morgan fingerprint density at radius 3 is 2.62 bits per heavy atom. The highest BCUT2D eigenvalue weighted by Crippen LogP contribution is 2.27. The van der Waals surface area contributed by atoms with Crippen molar-refractivity contribution >= 4 is 33.5 Å². The Bertz CT molecular complexity index is 396. The van der Waals surface area contributed by atoms with Crippen LogP contribution in [0, 0.1) is 0 Å². The number of carboxylic acids is 1. The molecule has 0 fully saturated rings. The zero-order valence-electron chi connectivity index (χ0n) is 9.00. The van der Waals surface area contributed by atoms with Crippen molar-refractivity contribution in [1.29, 1.82) is 0 Å². The van der Waals surface area contributed by atoms with E-state index in [1.807, 2.05) is 13.8 Å². The molecule has 1 unspecified atom stereocenters. The molecule has 0 radical (unpaired) electrons. The first kappa shape index (κ1) is 13.5. The van der Waals surface area contributed by atoms with Crippen molar-refractivity contribution in [3.63, 3.8) is 0 Å². The smallest absolute Gasteiger partial charge is 0.325 e. The summed E-state index contributed by atoms with van der Waals surface area (Å²) >= 11 is 9.29. The van der Waals surface area contributed by atoms with E-state index in [1.165, 1.54) is 0 Å². The Balaban J connectivity index is 3.10. The highest BCUT2D eigenvalue weighted by Gasteiger charge is 2.22. The van der Waals surface area contributed by atoms with Gasteiger partial charge in [-0.15, -0.1) is 0 Å². The molecule has 0 amide bonds. The Morgan fingerprint density at radius 2 is 2.12 bits per heavy atom. The lowest BCUT2D eigenvalue weighted by molar-refractivity contribution is -0.139. The van der Waals surface area contributed by atoms with E-state index in [9.17, 15) is 4.79 Å². The van der Waals surface area contributed by atoms with Crippen molar-refractivity contribution in [2.24, 2.45) is 0 Å². The lowest BCUT2D eigenvalue weighted by atomic mass is 10.1. The average molecular weight is 307 g/mol. The van der Waals surface area contributed by atoms with Gasteiger partial charge in [-0.3, -0.25) is 10.1 Å². The molecule has 0 saturated heterocycles. The van der Waals surface area contributed by atoms with E-state index in [-0.39, 0.29) is 6.04 Å². The van der Waals surface area contributed by atoms with E-state index < -0.39 is 12.0 Å². The Labute approximate surface area is 108 Å². The first-order chi connectivity index (χ1) is 7.41. The molecule has 0 heterocycles. The fourth-order valence-corrected chi connectivity index (χ4v) is 1.97. The predicted molar refractivity (Wildman–Crippen MR) is 67.8 cm³/mol. The molecule has 0 aliphatic carbocycles. The van der Waals surface area contributed by atoms with Gasteiger partial charge in [0.2, 0.25) is 0 Å². The van der Waals surface area contributed by atoms with Crippen molar-refractivity contribution in [3.05, 3.63) is 33.3 Å². The van der Waals surface area contributed by atoms with Gasteiger partial charge >= 0.3 is 5.97 Å². The number of rotatable bonds is 4. The molecule has 1 atom stereocenters. The van der Waals surface area contributed by atoms with Crippen molar-refractivity contribution in [3.8, 4) is 0 Å². The van der Waals surface area contributed by atoms with E-state index in [4.69, 9.17) is 16.7 Å². The number of aliphatic carboxylic acids is 1. The molecule has 0 aliphatic heterocycles. The summed E-state index contributed by atoms with van der Waals surface area (Å²) in [5.74, 6) is -0.936. The lowest BCUT2D eigenvalue weighted by Crippen LogP contribution is -2.33. The molecular formula is C11H13BrClNO2. The maximum Gasteiger partial charge on any atom is 0.325 e. The minimum atomic E-state index is -0.936. The molecule has 1 rings (SSSR count). The van der Waals surface area contributed by atoms with E-state index in [0.717, 1.165) is 4.47 Å². The second-order valence-corrected chi connectivity index (χ2v) is 5.08. The first-order valence-electron chi connectivity index (χ1n) is 4.85. The molecule has 1 aromatic rings. The van der Waals surface area contributed by atoms with Crippen molar-refractivity contribution in [2.75, 3.05) is 0 Å². The highest BCUT2D eigenvalue weighted by atomic mass is 79.9. The van der Waals surface area contributed by atoms with Crippen LogP contribution in [-0.4, -0.2) is 17.1 Å². The van der Waals surface area contributed by atoms with Crippen LogP contribution in [0.3, 0.4) is 0 Å². The Kier molecular flexibility index (Phi) is 4.77. The maximum absolute atomic E-state index is 11.2. The van der Waals surface area contributed by atoms with E-state index >= 15 is 0 Å². The molecule has 1 aromatic carbocycles. The van der Waals surface area contributed by atoms with Gasteiger partial charge in [-0.05, 0) is 37.6 Å². The SMILES string of the molecule is CC(C)NC(C(=O)O)c1cc(Br)ccc1Cl. The highest BCUT2D eigenvalue weighted by molar-refractivity contribution is 9.10. The van der Waals surface area contributed by atoms with Crippen LogP contribution in [0.1, 0.15) is 25.5 Å². The second kappa shape index (κ2) is 5.66. The summed E-state index contributed by atoms with van der Waals surface area (Å²) < 4.78 is 0.809. The van der Waals surface area contributed by atoms with Crippen LogP contribution in [0.15, 0.2) is 22.7 Å². The van der Waals surface area contributed by atoms with Crippen molar-refractivity contribution < 1.29 is 9.90 Å². The van der Waals surface area contributed by atoms with Gasteiger partial charge in [0.1, 0.15) is 6.04 Å². The van der Waals surface area contributed by atoms with E-state index in [0.29, 0.717) is 10.6 Å². The van der Waals surface area contributed by atoms with Crippen molar-refractivity contribution in [1.82, 2.24) is 5.32 Å². The Morgan fingerprint density at radius 1 is 1.50 bits per heavy atom. The first-order valence-corrected chi connectivity index (χ1v) is 6.02. The fourth-order valence-electron chi connectivity index (χ4n) is 1.36. The fraction of sp³-hybridized carbons (Fsp3) is 0.364. The van der Waals surface area contributed by atoms with Gasteiger partial charge in [0, 0.05) is 15.5 Å². The third-order valence-electron chi connectivity index (χ3n) is 2.02. The summed E-state index contributed by atoms with van der Waals surface area (Å²) in [6.07, 6.45) is 0. The monoisotopic (exact) mass is 305 g/mol. The number of nitrogens with one attached hydrogen (secondary N) is 1. The van der Waals surface area contributed by atoms with Gasteiger partial charge in [0.25, 0.3) is 0 Å². The van der Waals surface area contributed by atoms with Crippen molar-refractivity contribution in [2.45, 2.75) is 25.9 Å². The van der Waals surface area contributed by atoms with E-state index in [1.54, 1.807) is 18.2 Å². The zero-order valence-corrected chi connectivity index (χ0v) is 11.3. The normalized spacial score (nSPS) is 12.8. The summed E-state index contributed by atoms with van der Waals surface area (Å²) in [7, 11) is 0. The topological polar surface area (TPSA) is 49.3 Å². The summed E-state index contributed by atoms with van der Waals surface area (Å²) in [6.45, 7) is 3.78. The van der Waals surface area contributed by atoms with Crippen LogP contribution in [0.4, 0.5) is 0 Å². The van der Waals surface area contributed by atoms with Crippen LogP contribution in [0.2, 0.25) is 5.02 Å². The second-order valence-electron chi connectivity index (χ2n) is 3.76.